The number of allylic oxidation sites excluding steroid dienone is 2. The number of benzene rings is 3. The van der Waals surface area contributed by atoms with Gasteiger partial charge in [0.1, 0.15) is 52.5 Å². The summed E-state index contributed by atoms with van der Waals surface area (Å²) < 4.78 is 18.8. The first-order valence-corrected chi connectivity index (χ1v) is 13.1. The molecule has 0 spiro atoms. The van der Waals surface area contributed by atoms with Gasteiger partial charge in [-0.2, -0.15) is 0 Å². The minimum absolute atomic E-state index is 0.0159. The third-order valence-corrected chi connectivity index (χ3v) is 8.40. The molecular weight excluding hydrogens is 552 g/mol. The zero-order valence-electron chi connectivity index (χ0n) is 21.7. The number of ether oxygens (including phenoxy) is 3. The Hall–Kier alpha value is -4.94. The molecule has 7 rings (SSSR count). The summed E-state index contributed by atoms with van der Waals surface area (Å²) in [7, 11) is 0. The average molecular weight is 579 g/mol. The molecule has 6 atom stereocenters. The van der Waals surface area contributed by atoms with Crippen molar-refractivity contribution in [2.24, 2.45) is 5.92 Å². The number of rotatable bonds is 2. The van der Waals surface area contributed by atoms with Crippen LogP contribution in [-0.2, 0) is 6.42 Å². The van der Waals surface area contributed by atoms with Gasteiger partial charge < -0.3 is 60.2 Å². The van der Waals surface area contributed by atoms with Gasteiger partial charge in [-0.25, -0.2) is 0 Å². The van der Waals surface area contributed by atoms with Crippen molar-refractivity contribution in [1.29, 1.82) is 0 Å². The van der Waals surface area contributed by atoms with Crippen LogP contribution in [0.1, 0.15) is 40.7 Å². The molecule has 12 heteroatoms. The number of hydrogen-bond acceptors (Lipinski definition) is 12. The number of aromatic hydroxyl groups is 5. The third-order valence-electron chi connectivity index (χ3n) is 8.40. The SMILES string of the molecule is OC1=C(O)CC([C@]23Oc4cc(O)cc(O)c4[C@H](c4c(cc(O)c5c4O[C@H](c4ccc(O)c(O)c4)[C@@H](O)C5)O2)[C@H]3O)C=C1. The molecule has 4 aliphatic rings. The molecule has 9 N–H and O–H groups in total. The second-order valence-electron chi connectivity index (χ2n) is 10.9. The highest BCUT2D eigenvalue weighted by molar-refractivity contribution is 5.67. The highest BCUT2D eigenvalue weighted by Crippen LogP contribution is 2.62. The largest absolute Gasteiger partial charge is 0.508 e. The lowest BCUT2D eigenvalue weighted by molar-refractivity contribution is -0.233. The second-order valence-corrected chi connectivity index (χ2v) is 10.9. The van der Waals surface area contributed by atoms with E-state index in [0.29, 0.717) is 5.56 Å². The molecule has 2 bridgehead atoms. The molecule has 3 aromatic rings. The quantitative estimate of drug-likeness (QED) is 0.201. The summed E-state index contributed by atoms with van der Waals surface area (Å²) >= 11 is 0. The number of phenols is 5. The van der Waals surface area contributed by atoms with Crippen molar-refractivity contribution >= 4 is 0 Å². The molecule has 42 heavy (non-hydrogen) atoms. The van der Waals surface area contributed by atoms with Gasteiger partial charge in [0, 0.05) is 47.7 Å². The summed E-state index contributed by atoms with van der Waals surface area (Å²) in [5, 5.41) is 95.3. The van der Waals surface area contributed by atoms with Crippen molar-refractivity contribution < 1.29 is 60.2 Å². The lowest BCUT2D eigenvalue weighted by Gasteiger charge is -2.53. The predicted octanol–water partition coefficient (Wildman–Crippen LogP) is 3.13. The second kappa shape index (κ2) is 8.78. The first kappa shape index (κ1) is 26.0. The van der Waals surface area contributed by atoms with E-state index in [1.807, 2.05) is 0 Å². The van der Waals surface area contributed by atoms with Crippen LogP contribution in [0.4, 0.5) is 0 Å². The van der Waals surface area contributed by atoms with Crippen LogP contribution in [0.3, 0.4) is 0 Å². The van der Waals surface area contributed by atoms with Crippen LogP contribution in [-0.4, -0.2) is 64.0 Å². The van der Waals surface area contributed by atoms with Crippen LogP contribution in [0, 0.1) is 5.92 Å². The standard InChI is InChI=1S/C30H26O12/c31-13-7-20(37)24-22(8-13)41-30(12-2-4-16(33)19(36)6-12)29(39)26(24)25-23(42-30)10-17(34)14-9-21(38)27(40-28(14)25)11-1-3-15(32)18(35)5-11/h1-5,7-8,10,12,21,26-27,29,31-39H,6,9H2/t12?,21-,26+,27+,29+,30-/m0/s1. The van der Waals surface area contributed by atoms with Gasteiger partial charge in [-0.1, -0.05) is 12.1 Å². The Kier molecular flexibility index (Phi) is 5.43. The maximum Gasteiger partial charge on any atom is 0.284 e. The number of phenolic OH excluding ortho intramolecular Hbond substituents is 5. The number of fused-ring (bicyclic) bond motifs is 8. The molecule has 12 nitrogen and oxygen atoms in total. The van der Waals surface area contributed by atoms with Gasteiger partial charge in [-0.3, -0.25) is 0 Å². The molecule has 3 aromatic carbocycles. The maximum absolute atomic E-state index is 12.0. The summed E-state index contributed by atoms with van der Waals surface area (Å²) in [5.41, 5.74) is 0.850. The Morgan fingerprint density at radius 2 is 1.48 bits per heavy atom. The summed E-state index contributed by atoms with van der Waals surface area (Å²) in [6, 6.07) is 7.57. The fourth-order valence-corrected chi connectivity index (χ4v) is 6.42. The average Bonchev–Trinajstić information content (AvgIpc) is 2.92. The number of aliphatic hydroxyl groups excluding tert-OH is 4. The van der Waals surface area contributed by atoms with Crippen LogP contribution in [0.25, 0.3) is 0 Å². The summed E-state index contributed by atoms with van der Waals surface area (Å²) in [5.74, 6) is -6.41. The molecule has 218 valence electrons. The number of aliphatic hydroxyl groups is 4. The summed E-state index contributed by atoms with van der Waals surface area (Å²) in [4.78, 5) is 0. The van der Waals surface area contributed by atoms with E-state index in [4.69, 9.17) is 14.2 Å². The summed E-state index contributed by atoms with van der Waals surface area (Å²) in [6.07, 6.45) is -1.36. The first-order chi connectivity index (χ1) is 20.0. The van der Waals surface area contributed by atoms with Crippen molar-refractivity contribution in [3.63, 3.8) is 0 Å². The molecule has 1 aliphatic carbocycles. The Bertz CT molecular complexity index is 1710. The normalized spacial score (nSPS) is 29.0. The van der Waals surface area contributed by atoms with Gasteiger partial charge in [-0.15, -0.1) is 0 Å². The zero-order valence-corrected chi connectivity index (χ0v) is 21.7. The van der Waals surface area contributed by atoms with Gasteiger partial charge >= 0.3 is 0 Å². The van der Waals surface area contributed by atoms with Crippen LogP contribution in [0.15, 0.2) is 60.1 Å². The highest BCUT2D eigenvalue weighted by atomic mass is 16.7. The van der Waals surface area contributed by atoms with Crippen molar-refractivity contribution in [2.45, 2.75) is 42.9 Å². The Morgan fingerprint density at radius 1 is 0.738 bits per heavy atom. The minimum Gasteiger partial charge on any atom is -0.508 e. The van der Waals surface area contributed by atoms with Gasteiger partial charge in [-0.05, 0) is 23.8 Å². The molecule has 3 aliphatic heterocycles. The van der Waals surface area contributed by atoms with Crippen molar-refractivity contribution in [2.75, 3.05) is 0 Å². The Labute approximate surface area is 237 Å². The fourth-order valence-electron chi connectivity index (χ4n) is 6.42. The van der Waals surface area contributed by atoms with Crippen LogP contribution < -0.4 is 14.2 Å². The van der Waals surface area contributed by atoms with E-state index in [0.717, 1.165) is 6.07 Å². The van der Waals surface area contributed by atoms with Crippen molar-refractivity contribution in [1.82, 2.24) is 0 Å². The fraction of sp³-hybridized carbons (Fsp3) is 0.267. The molecule has 0 fully saturated rings. The third kappa shape index (κ3) is 3.55. The number of hydrogen-bond donors (Lipinski definition) is 9. The van der Waals surface area contributed by atoms with Gasteiger partial charge in [0.2, 0.25) is 0 Å². The predicted molar refractivity (Wildman–Crippen MR) is 142 cm³/mol. The molecule has 0 saturated heterocycles. The molecule has 0 radical (unpaired) electrons. The van der Waals surface area contributed by atoms with Gasteiger partial charge in [0.15, 0.2) is 17.3 Å². The van der Waals surface area contributed by atoms with E-state index < -0.39 is 47.4 Å². The smallest absolute Gasteiger partial charge is 0.284 e. The Morgan fingerprint density at radius 3 is 2.19 bits per heavy atom. The van der Waals surface area contributed by atoms with E-state index >= 15 is 0 Å². The minimum atomic E-state index is -1.95. The van der Waals surface area contributed by atoms with Gasteiger partial charge in [0.05, 0.1) is 17.9 Å². The Balaban J connectivity index is 1.44. The van der Waals surface area contributed by atoms with E-state index in [2.05, 4.69) is 0 Å². The molecular formula is C30H26O12. The molecule has 0 amide bonds. The van der Waals surface area contributed by atoms with Crippen molar-refractivity contribution in [3.05, 3.63) is 82.3 Å². The van der Waals surface area contributed by atoms with E-state index in [-0.39, 0.29) is 75.5 Å². The molecule has 1 unspecified atom stereocenters. The first-order valence-electron chi connectivity index (χ1n) is 13.1. The van der Waals surface area contributed by atoms with Gasteiger partial charge in [0.25, 0.3) is 5.79 Å². The monoisotopic (exact) mass is 578 g/mol. The van der Waals surface area contributed by atoms with Crippen LogP contribution in [0.5, 0.6) is 46.0 Å². The van der Waals surface area contributed by atoms with E-state index in [1.54, 1.807) is 0 Å². The summed E-state index contributed by atoms with van der Waals surface area (Å²) in [6.45, 7) is 0. The zero-order chi connectivity index (χ0) is 29.7. The molecule has 0 saturated carbocycles. The van der Waals surface area contributed by atoms with E-state index in [9.17, 15) is 46.0 Å². The lowest BCUT2D eigenvalue weighted by atomic mass is 9.71. The maximum atomic E-state index is 12.0. The highest BCUT2D eigenvalue weighted by Gasteiger charge is 2.62. The van der Waals surface area contributed by atoms with Crippen molar-refractivity contribution in [3.8, 4) is 46.0 Å². The molecule has 3 heterocycles. The lowest BCUT2D eigenvalue weighted by Crippen LogP contribution is -2.64. The van der Waals surface area contributed by atoms with Crippen LogP contribution >= 0.6 is 0 Å². The molecule has 0 aromatic heterocycles. The van der Waals surface area contributed by atoms with E-state index in [1.165, 1.54) is 42.5 Å². The topological polar surface area (TPSA) is 210 Å². The van der Waals surface area contributed by atoms with Crippen LogP contribution in [0.2, 0.25) is 0 Å².